The molecule has 1 N–H and O–H groups in total. The molecular weight excluding hydrogens is 272 g/mol. The molecule has 0 radical (unpaired) electrons. The fraction of sp³-hybridized carbons (Fsp3) is 0.733. The molecule has 1 heterocycles. The van der Waals surface area contributed by atoms with Crippen LogP contribution in [-0.4, -0.2) is 24.1 Å². The number of esters is 1. The summed E-state index contributed by atoms with van der Waals surface area (Å²) in [5.74, 6) is -0.259. The van der Waals surface area contributed by atoms with E-state index in [1.807, 2.05) is 6.92 Å². The largest absolute Gasteiger partial charge is 0.465 e. The molecule has 2 aliphatic carbocycles. The first-order valence-corrected chi connectivity index (χ1v) is 8.33. The minimum atomic E-state index is -0.143. The van der Waals surface area contributed by atoms with Gasteiger partial charge in [0.2, 0.25) is 0 Å². The minimum Gasteiger partial charge on any atom is -0.465 e. The standard InChI is InChI=1S/C15H22N2O2S/c1-3-19-13(18)10-5-6-11-12(10)17-14(20-11)16-9-15(2)7-4-8-15/h10H,3-9H2,1-2H3,(H,16,17). The molecule has 0 saturated heterocycles. The second kappa shape index (κ2) is 5.35. The number of anilines is 1. The van der Waals surface area contributed by atoms with Crippen LogP contribution in [-0.2, 0) is 16.0 Å². The molecule has 1 unspecified atom stereocenters. The fourth-order valence-corrected chi connectivity index (χ4v) is 4.06. The molecule has 1 atom stereocenters. The van der Waals surface area contributed by atoms with Crippen molar-refractivity contribution in [3.63, 3.8) is 0 Å². The highest BCUT2D eigenvalue weighted by atomic mass is 32.1. The lowest BCUT2D eigenvalue weighted by molar-refractivity contribution is -0.145. The van der Waals surface area contributed by atoms with Gasteiger partial charge in [-0.05, 0) is 38.0 Å². The van der Waals surface area contributed by atoms with E-state index < -0.39 is 0 Å². The van der Waals surface area contributed by atoms with Gasteiger partial charge in [-0.2, -0.15) is 0 Å². The number of carbonyl (C=O) groups is 1. The average Bonchev–Trinajstić information content (AvgIpc) is 2.93. The molecule has 3 rings (SSSR count). The fourth-order valence-electron chi connectivity index (χ4n) is 3.02. The van der Waals surface area contributed by atoms with E-state index >= 15 is 0 Å². The summed E-state index contributed by atoms with van der Waals surface area (Å²) in [7, 11) is 0. The quantitative estimate of drug-likeness (QED) is 0.846. The number of nitrogens with zero attached hydrogens (tertiary/aromatic N) is 1. The molecule has 0 aliphatic heterocycles. The number of carbonyl (C=O) groups excluding carboxylic acids is 1. The van der Waals surface area contributed by atoms with E-state index in [9.17, 15) is 4.79 Å². The topological polar surface area (TPSA) is 51.2 Å². The van der Waals surface area contributed by atoms with Crippen molar-refractivity contribution in [3.05, 3.63) is 10.6 Å². The Balaban J connectivity index is 1.65. The van der Waals surface area contributed by atoms with Gasteiger partial charge in [0.1, 0.15) is 5.92 Å². The second-order valence-electron chi connectivity index (χ2n) is 6.19. The summed E-state index contributed by atoms with van der Waals surface area (Å²) in [6.07, 6.45) is 5.75. The number of rotatable bonds is 5. The molecule has 1 fully saturated rings. The Bertz CT molecular complexity index is 508. The van der Waals surface area contributed by atoms with Crippen molar-refractivity contribution in [3.8, 4) is 0 Å². The Labute approximate surface area is 123 Å². The van der Waals surface area contributed by atoms with Crippen molar-refractivity contribution in [2.24, 2.45) is 5.41 Å². The number of fused-ring (bicyclic) bond motifs is 1. The zero-order valence-corrected chi connectivity index (χ0v) is 13.0. The number of thiazole rings is 1. The van der Waals surface area contributed by atoms with E-state index in [0.717, 1.165) is 30.2 Å². The SMILES string of the molecule is CCOC(=O)C1CCc2sc(NCC3(C)CCC3)nc21. The van der Waals surface area contributed by atoms with Gasteiger partial charge in [0, 0.05) is 11.4 Å². The molecule has 1 aromatic rings. The van der Waals surface area contributed by atoms with Gasteiger partial charge < -0.3 is 10.1 Å². The van der Waals surface area contributed by atoms with Crippen molar-refractivity contribution in [2.45, 2.75) is 51.9 Å². The van der Waals surface area contributed by atoms with Gasteiger partial charge in [0.15, 0.2) is 5.13 Å². The zero-order valence-electron chi connectivity index (χ0n) is 12.2. The van der Waals surface area contributed by atoms with E-state index in [2.05, 4.69) is 17.2 Å². The number of aryl methyl sites for hydroxylation is 1. The van der Waals surface area contributed by atoms with Gasteiger partial charge >= 0.3 is 5.97 Å². The lowest BCUT2D eigenvalue weighted by atomic mass is 9.70. The summed E-state index contributed by atoms with van der Waals surface area (Å²) < 4.78 is 5.14. The third-order valence-electron chi connectivity index (χ3n) is 4.52. The summed E-state index contributed by atoms with van der Waals surface area (Å²) >= 11 is 1.71. The van der Waals surface area contributed by atoms with Gasteiger partial charge in [-0.15, -0.1) is 11.3 Å². The zero-order chi connectivity index (χ0) is 14.2. The normalized spacial score (nSPS) is 23.0. The molecule has 5 heteroatoms. The van der Waals surface area contributed by atoms with E-state index in [4.69, 9.17) is 4.74 Å². The van der Waals surface area contributed by atoms with Crippen molar-refractivity contribution in [1.29, 1.82) is 0 Å². The van der Waals surface area contributed by atoms with Crippen molar-refractivity contribution < 1.29 is 9.53 Å². The summed E-state index contributed by atoms with van der Waals surface area (Å²) in [4.78, 5) is 17.8. The van der Waals surface area contributed by atoms with Crippen LogP contribution in [0.5, 0.6) is 0 Å². The number of aromatic nitrogens is 1. The van der Waals surface area contributed by atoms with Crippen LogP contribution in [0.25, 0.3) is 0 Å². The number of hydrogen-bond donors (Lipinski definition) is 1. The maximum absolute atomic E-state index is 11.9. The first kappa shape index (κ1) is 13.9. The molecule has 4 nitrogen and oxygen atoms in total. The van der Waals surface area contributed by atoms with Gasteiger partial charge in [0.05, 0.1) is 12.3 Å². The van der Waals surface area contributed by atoms with E-state index in [1.54, 1.807) is 11.3 Å². The van der Waals surface area contributed by atoms with Crippen molar-refractivity contribution in [2.75, 3.05) is 18.5 Å². The summed E-state index contributed by atoms with van der Waals surface area (Å²) in [6, 6.07) is 0. The third kappa shape index (κ3) is 2.55. The number of nitrogens with one attached hydrogen (secondary N) is 1. The van der Waals surface area contributed by atoms with Gasteiger partial charge in [-0.1, -0.05) is 13.3 Å². The van der Waals surface area contributed by atoms with Crippen molar-refractivity contribution in [1.82, 2.24) is 4.98 Å². The number of hydrogen-bond acceptors (Lipinski definition) is 5. The maximum atomic E-state index is 11.9. The van der Waals surface area contributed by atoms with Crippen LogP contribution in [0.4, 0.5) is 5.13 Å². The average molecular weight is 294 g/mol. The maximum Gasteiger partial charge on any atom is 0.315 e. The lowest BCUT2D eigenvalue weighted by Gasteiger charge is -2.38. The van der Waals surface area contributed by atoms with Crippen LogP contribution in [0, 0.1) is 5.41 Å². The second-order valence-corrected chi connectivity index (χ2v) is 7.27. The number of ether oxygens (including phenoxy) is 1. The van der Waals surface area contributed by atoms with Crippen LogP contribution in [0.1, 0.15) is 56.0 Å². The van der Waals surface area contributed by atoms with E-state index in [-0.39, 0.29) is 11.9 Å². The van der Waals surface area contributed by atoms with Crippen LogP contribution in [0.3, 0.4) is 0 Å². The lowest BCUT2D eigenvalue weighted by Crippen LogP contribution is -2.33. The first-order chi connectivity index (χ1) is 9.61. The Hall–Kier alpha value is -1.10. The summed E-state index contributed by atoms with van der Waals surface area (Å²) in [6.45, 7) is 5.61. The smallest absolute Gasteiger partial charge is 0.315 e. The van der Waals surface area contributed by atoms with Crippen LogP contribution >= 0.6 is 11.3 Å². The monoisotopic (exact) mass is 294 g/mol. The van der Waals surface area contributed by atoms with Crippen LogP contribution in [0.2, 0.25) is 0 Å². The molecule has 20 heavy (non-hydrogen) atoms. The van der Waals surface area contributed by atoms with Crippen molar-refractivity contribution >= 4 is 22.4 Å². The predicted molar refractivity (Wildman–Crippen MR) is 80.3 cm³/mol. The molecule has 0 spiro atoms. The summed E-state index contributed by atoms with van der Waals surface area (Å²) in [5, 5.41) is 4.43. The first-order valence-electron chi connectivity index (χ1n) is 7.51. The molecule has 0 amide bonds. The minimum absolute atomic E-state index is 0.117. The Morgan fingerprint density at radius 3 is 3.00 bits per heavy atom. The predicted octanol–water partition coefficient (Wildman–Crippen LogP) is 3.34. The highest BCUT2D eigenvalue weighted by Gasteiger charge is 2.35. The van der Waals surface area contributed by atoms with E-state index in [1.165, 1.54) is 24.1 Å². The molecule has 0 bridgehead atoms. The van der Waals surface area contributed by atoms with E-state index in [0.29, 0.717) is 12.0 Å². The Morgan fingerprint density at radius 1 is 1.55 bits per heavy atom. The van der Waals surface area contributed by atoms with Gasteiger partial charge in [-0.3, -0.25) is 4.79 Å². The van der Waals surface area contributed by atoms with Gasteiger partial charge in [0.25, 0.3) is 0 Å². The van der Waals surface area contributed by atoms with Gasteiger partial charge in [-0.25, -0.2) is 4.98 Å². The third-order valence-corrected chi connectivity index (χ3v) is 5.60. The Morgan fingerprint density at radius 2 is 2.35 bits per heavy atom. The molecule has 2 aliphatic rings. The molecular formula is C15H22N2O2S. The highest BCUT2D eigenvalue weighted by molar-refractivity contribution is 7.15. The molecule has 1 aromatic heterocycles. The molecule has 110 valence electrons. The highest BCUT2D eigenvalue weighted by Crippen LogP contribution is 2.42. The molecule has 0 aromatic carbocycles. The summed E-state index contributed by atoms with van der Waals surface area (Å²) in [5.41, 5.74) is 1.39. The Kier molecular flexibility index (Phi) is 3.71. The molecule has 1 saturated carbocycles. The van der Waals surface area contributed by atoms with Crippen LogP contribution < -0.4 is 5.32 Å². The van der Waals surface area contributed by atoms with Crippen LogP contribution in [0.15, 0.2) is 0 Å².